The van der Waals surface area contributed by atoms with Gasteiger partial charge in [-0.05, 0) is 51.3 Å². The summed E-state index contributed by atoms with van der Waals surface area (Å²) in [6, 6.07) is 10.9. The second-order valence-corrected chi connectivity index (χ2v) is 5.96. The van der Waals surface area contributed by atoms with Crippen LogP contribution in [0.2, 0.25) is 0 Å². The van der Waals surface area contributed by atoms with E-state index in [1.54, 1.807) is 0 Å². The first-order valence-electron chi connectivity index (χ1n) is 7.56. The van der Waals surface area contributed by atoms with Crippen LogP contribution in [0.4, 0.5) is 0 Å². The van der Waals surface area contributed by atoms with Crippen molar-refractivity contribution in [2.75, 3.05) is 13.1 Å². The number of benzene rings is 1. The largest absolute Gasteiger partial charge is 0.372 e. The summed E-state index contributed by atoms with van der Waals surface area (Å²) in [5.41, 5.74) is 1.26. The van der Waals surface area contributed by atoms with Crippen molar-refractivity contribution < 1.29 is 4.74 Å². The topological polar surface area (TPSA) is 12.5 Å². The van der Waals surface area contributed by atoms with Crippen LogP contribution < -0.4 is 0 Å². The summed E-state index contributed by atoms with van der Waals surface area (Å²) in [6.45, 7) is 10.0. The Morgan fingerprint density at radius 3 is 2.42 bits per heavy atom. The zero-order valence-electron chi connectivity index (χ0n) is 12.5. The first-order chi connectivity index (χ1) is 9.16. The minimum Gasteiger partial charge on any atom is -0.372 e. The molecule has 0 radical (unpaired) electrons. The molecule has 106 valence electrons. The van der Waals surface area contributed by atoms with Crippen LogP contribution in [-0.4, -0.2) is 30.1 Å². The third kappa shape index (κ3) is 4.32. The Kier molecular flexibility index (Phi) is 5.41. The van der Waals surface area contributed by atoms with Crippen LogP contribution in [0.25, 0.3) is 0 Å². The summed E-state index contributed by atoms with van der Waals surface area (Å²) in [4.78, 5) is 2.58. The van der Waals surface area contributed by atoms with Crippen LogP contribution in [0, 0.1) is 5.92 Å². The quantitative estimate of drug-likeness (QED) is 0.801. The van der Waals surface area contributed by atoms with E-state index in [2.05, 4.69) is 49.9 Å². The molecule has 19 heavy (non-hydrogen) atoms. The van der Waals surface area contributed by atoms with Crippen molar-refractivity contribution in [1.82, 2.24) is 4.90 Å². The Morgan fingerprint density at radius 1 is 1.16 bits per heavy atom. The Bertz CT molecular complexity index is 357. The summed E-state index contributed by atoms with van der Waals surface area (Å²) in [5.74, 6) is 0.893. The van der Waals surface area contributed by atoms with Gasteiger partial charge in [-0.25, -0.2) is 0 Å². The van der Waals surface area contributed by atoms with E-state index in [-0.39, 0.29) is 6.10 Å². The molecule has 0 amide bonds. The zero-order chi connectivity index (χ0) is 13.7. The van der Waals surface area contributed by atoms with E-state index in [4.69, 9.17) is 4.74 Å². The average molecular weight is 261 g/mol. The SMILES string of the molecule is CC1CCN(C(C)C(C)OCc2ccccc2)CC1. The fourth-order valence-corrected chi connectivity index (χ4v) is 2.67. The minimum absolute atomic E-state index is 0.286. The van der Waals surface area contributed by atoms with E-state index >= 15 is 0 Å². The average Bonchev–Trinajstić information content (AvgIpc) is 2.46. The Balaban J connectivity index is 1.77. The number of rotatable bonds is 5. The molecule has 1 fully saturated rings. The highest BCUT2D eigenvalue weighted by molar-refractivity contribution is 5.13. The molecule has 2 heteroatoms. The molecule has 2 nitrogen and oxygen atoms in total. The molecule has 0 saturated carbocycles. The van der Waals surface area contributed by atoms with Gasteiger partial charge in [-0.15, -0.1) is 0 Å². The van der Waals surface area contributed by atoms with Gasteiger partial charge in [0.2, 0.25) is 0 Å². The zero-order valence-corrected chi connectivity index (χ0v) is 12.5. The van der Waals surface area contributed by atoms with Gasteiger partial charge in [-0.3, -0.25) is 4.90 Å². The van der Waals surface area contributed by atoms with Crippen LogP contribution in [-0.2, 0) is 11.3 Å². The van der Waals surface area contributed by atoms with E-state index in [1.165, 1.54) is 31.5 Å². The second kappa shape index (κ2) is 7.06. The van der Waals surface area contributed by atoms with Gasteiger partial charge in [0.15, 0.2) is 0 Å². The van der Waals surface area contributed by atoms with Crippen LogP contribution in [0.3, 0.4) is 0 Å². The number of hydrogen-bond donors (Lipinski definition) is 0. The highest BCUT2D eigenvalue weighted by atomic mass is 16.5. The molecule has 0 bridgehead atoms. The van der Waals surface area contributed by atoms with E-state index in [0.29, 0.717) is 6.04 Å². The summed E-state index contributed by atoms with van der Waals surface area (Å²) in [7, 11) is 0. The molecule has 1 saturated heterocycles. The molecule has 0 aliphatic carbocycles. The number of nitrogens with zero attached hydrogens (tertiary/aromatic N) is 1. The van der Waals surface area contributed by atoms with Crippen LogP contribution in [0.5, 0.6) is 0 Å². The smallest absolute Gasteiger partial charge is 0.0721 e. The normalized spacial score (nSPS) is 21.2. The van der Waals surface area contributed by atoms with E-state index < -0.39 is 0 Å². The van der Waals surface area contributed by atoms with Gasteiger partial charge in [-0.2, -0.15) is 0 Å². The Hall–Kier alpha value is -0.860. The van der Waals surface area contributed by atoms with Crippen LogP contribution in [0.1, 0.15) is 39.2 Å². The lowest BCUT2D eigenvalue weighted by Gasteiger charge is -2.37. The van der Waals surface area contributed by atoms with Crippen molar-refractivity contribution in [2.45, 2.75) is 52.4 Å². The Morgan fingerprint density at radius 2 is 1.79 bits per heavy atom. The summed E-state index contributed by atoms with van der Waals surface area (Å²) >= 11 is 0. The maximum Gasteiger partial charge on any atom is 0.0721 e. The summed E-state index contributed by atoms with van der Waals surface area (Å²) in [6.07, 6.45) is 2.94. The first kappa shape index (κ1) is 14.5. The van der Waals surface area contributed by atoms with Crippen LogP contribution in [0.15, 0.2) is 30.3 Å². The number of ether oxygens (including phenoxy) is 1. The summed E-state index contributed by atoms with van der Waals surface area (Å²) < 4.78 is 6.03. The third-order valence-electron chi connectivity index (χ3n) is 4.43. The number of hydrogen-bond acceptors (Lipinski definition) is 2. The van der Waals surface area contributed by atoms with Gasteiger partial charge < -0.3 is 4.74 Å². The maximum absolute atomic E-state index is 6.03. The highest BCUT2D eigenvalue weighted by Gasteiger charge is 2.24. The minimum atomic E-state index is 0.286. The van der Waals surface area contributed by atoms with E-state index in [0.717, 1.165) is 12.5 Å². The maximum atomic E-state index is 6.03. The lowest BCUT2D eigenvalue weighted by atomic mass is 9.97. The molecular formula is C17H27NO. The van der Waals surface area contributed by atoms with Crippen LogP contribution >= 0.6 is 0 Å². The van der Waals surface area contributed by atoms with Crippen molar-refractivity contribution in [1.29, 1.82) is 0 Å². The highest BCUT2D eigenvalue weighted by Crippen LogP contribution is 2.20. The van der Waals surface area contributed by atoms with Gasteiger partial charge in [0.25, 0.3) is 0 Å². The number of piperidine rings is 1. The molecule has 1 heterocycles. The molecule has 1 aliphatic heterocycles. The monoisotopic (exact) mass is 261 g/mol. The molecule has 2 atom stereocenters. The lowest BCUT2D eigenvalue weighted by molar-refractivity contribution is -0.0156. The molecule has 0 aromatic heterocycles. The van der Waals surface area contributed by atoms with Gasteiger partial charge >= 0.3 is 0 Å². The Labute approximate surface area is 117 Å². The van der Waals surface area contributed by atoms with Crippen molar-refractivity contribution in [3.63, 3.8) is 0 Å². The third-order valence-corrected chi connectivity index (χ3v) is 4.43. The van der Waals surface area contributed by atoms with E-state index in [9.17, 15) is 0 Å². The molecule has 2 rings (SSSR count). The first-order valence-corrected chi connectivity index (χ1v) is 7.56. The molecule has 1 aromatic carbocycles. The lowest BCUT2D eigenvalue weighted by Crippen LogP contribution is -2.45. The van der Waals surface area contributed by atoms with E-state index in [1.807, 2.05) is 6.07 Å². The predicted molar refractivity (Wildman–Crippen MR) is 80.1 cm³/mol. The predicted octanol–water partition coefficient (Wildman–Crippen LogP) is 3.71. The fraction of sp³-hybridized carbons (Fsp3) is 0.647. The fourth-order valence-electron chi connectivity index (χ4n) is 2.67. The molecular weight excluding hydrogens is 234 g/mol. The number of likely N-dealkylation sites (tertiary alicyclic amines) is 1. The molecule has 1 aliphatic rings. The molecule has 0 spiro atoms. The van der Waals surface area contributed by atoms with Crippen molar-refractivity contribution in [2.24, 2.45) is 5.92 Å². The van der Waals surface area contributed by atoms with Crippen molar-refractivity contribution in [3.8, 4) is 0 Å². The van der Waals surface area contributed by atoms with Crippen molar-refractivity contribution in [3.05, 3.63) is 35.9 Å². The summed E-state index contributed by atoms with van der Waals surface area (Å²) in [5, 5.41) is 0. The molecule has 0 N–H and O–H groups in total. The van der Waals surface area contributed by atoms with Gasteiger partial charge in [0, 0.05) is 6.04 Å². The second-order valence-electron chi connectivity index (χ2n) is 5.96. The molecule has 1 aromatic rings. The molecule has 2 unspecified atom stereocenters. The van der Waals surface area contributed by atoms with Gasteiger partial charge in [0.1, 0.15) is 0 Å². The van der Waals surface area contributed by atoms with Gasteiger partial charge in [0.05, 0.1) is 12.7 Å². The van der Waals surface area contributed by atoms with Crippen molar-refractivity contribution >= 4 is 0 Å². The standard InChI is InChI=1S/C17H27NO/c1-14-9-11-18(12-10-14)15(2)16(3)19-13-17-7-5-4-6-8-17/h4-8,14-16H,9-13H2,1-3H3. The van der Waals surface area contributed by atoms with Gasteiger partial charge in [-0.1, -0.05) is 37.3 Å².